The van der Waals surface area contributed by atoms with Crippen LogP contribution in [0.1, 0.15) is 35.0 Å². The van der Waals surface area contributed by atoms with E-state index in [1.54, 1.807) is 0 Å². The van der Waals surface area contributed by atoms with E-state index in [2.05, 4.69) is 17.0 Å². The van der Waals surface area contributed by atoms with Crippen molar-refractivity contribution in [3.63, 3.8) is 0 Å². The van der Waals surface area contributed by atoms with Crippen LogP contribution in [0.5, 0.6) is 5.75 Å². The number of ether oxygens (including phenoxy) is 1. The Morgan fingerprint density at radius 3 is 2.48 bits per heavy atom. The van der Waals surface area contributed by atoms with Crippen LogP contribution in [0.25, 0.3) is 0 Å². The highest BCUT2D eigenvalue weighted by molar-refractivity contribution is 7.12. The third kappa shape index (κ3) is 5.46. The van der Waals surface area contributed by atoms with Crippen molar-refractivity contribution in [2.45, 2.75) is 26.3 Å². The SMILES string of the molecule is CCOc1ccc(CN2CCN(C(=O)C3CCCN(C(=O)c4cccs4)C3)CC2)cc1. The Bertz CT molecular complexity index is 861. The van der Waals surface area contributed by atoms with Crippen molar-refractivity contribution in [2.75, 3.05) is 45.9 Å². The molecule has 166 valence electrons. The van der Waals surface area contributed by atoms with E-state index in [1.807, 2.05) is 46.4 Å². The van der Waals surface area contributed by atoms with Crippen LogP contribution in [-0.2, 0) is 11.3 Å². The van der Waals surface area contributed by atoms with Crippen molar-refractivity contribution in [1.82, 2.24) is 14.7 Å². The molecule has 31 heavy (non-hydrogen) atoms. The third-order valence-electron chi connectivity index (χ3n) is 6.11. The lowest BCUT2D eigenvalue weighted by molar-refractivity contribution is -0.138. The second-order valence-electron chi connectivity index (χ2n) is 8.25. The van der Waals surface area contributed by atoms with E-state index in [0.29, 0.717) is 13.2 Å². The van der Waals surface area contributed by atoms with Crippen LogP contribution in [0.4, 0.5) is 0 Å². The molecule has 1 unspecified atom stereocenters. The molecule has 0 radical (unpaired) electrons. The fourth-order valence-electron chi connectivity index (χ4n) is 4.42. The van der Waals surface area contributed by atoms with E-state index in [9.17, 15) is 9.59 Å². The molecule has 1 aromatic heterocycles. The van der Waals surface area contributed by atoms with Crippen LogP contribution in [0, 0.1) is 5.92 Å². The fourth-order valence-corrected chi connectivity index (χ4v) is 5.11. The van der Waals surface area contributed by atoms with Gasteiger partial charge in [0.15, 0.2) is 0 Å². The minimum Gasteiger partial charge on any atom is -0.494 e. The molecule has 6 nitrogen and oxygen atoms in total. The van der Waals surface area contributed by atoms with E-state index < -0.39 is 0 Å². The molecular formula is C24H31N3O3S. The molecule has 0 N–H and O–H groups in total. The minimum absolute atomic E-state index is 0.0627. The molecule has 2 aliphatic rings. The summed E-state index contributed by atoms with van der Waals surface area (Å²) in [6.07, 6.45) is 1.77. The molecule has 0 saturated carbocycles. The summed E-state index contributed by atoms with van der Waals surface area (Å²) in [5.74, 6) is 1.10. The number of rotatable bonds is 6. The van der Waals surface area contributed by atoms with Crippen molar-refractivity contribution < 1.29 is 14.3 Å². The minimum atomic E-state index is -0.0738. The van der Waals surface area contributed by atoms with Crippen LogP contribution in [0.15, 0.2) is 41.8 Å². The summed E-state index contributed by atoms with van der Waals surface area (Å²) in [6, 6.07) is 12.0. The van der Waals surface area contributed by atoms with Gasteiger partial charge < -0.3 is 14.5 Å². The number of nitrogens with zero attached hydrogens (tertiary/aromatic N) is 3. The Hall–Kier alpha value is -2.38. The number of thiophene rings is 1. The molecule has 4 rings (SSSR count). The van der Waals surface area contributed by atoms with Gasteiger partial charge in [-0.1, -0.05) is 18.2 Å². The van der Waals surface area contributed by atoms with Crippen molar-refractivity contribution in [2.24, 2.45) is 5.92 Å². The lowest BCUT2D eigenvalue weighted by Gasteiger charge is -2.39. The van der Waals surface area contributed by atoms with Crippen molar-refractivity contribution in [1.29, 1.82) is 0 Å². The van der Waals surface area contributed by atoms with Gasteiger partial charge in [-0.25, -0.2) is 0 Å². The van der Waals surface area contributed by atoms with Gasteiger partial charge in [0.2, 0.25) is 5.91 Å². The second-order valence-corrected chi connectivity index (χ2v) is 9.19. The van der Waals surface area contributed by atoms with Gasteiger partial charge in [0.05, 0.1) is 17.4 Å². The number of carbonyl (C=O) groups is 2. The summed E-state index contributed by atoms with van der Waals surface area (Å²) >= 11 is 1.47. The maximum Gasteiger partial charge on any atom is 0.263 e. The van der Waals surface area contributed by atoms with Gasteiger partial charge in [-0.05, 0) is 48.9 Å². The summed E-state index contributed by atoms with van der Waals surface area (Å²) in [4.78, 5) is 32.8. The summed E-state index contributed by atoms with van der Waals surface area (Å²) in [7, 11) is 0. The highest BCUT2D eigenvalue weighted by Crippen LogP contribution is 2.23. The first-order valence-corrected chi connectivity index (χ1v) is 12.1. The molecule has 1 atom stereocenters. The van der Waals surface area contributed by atoms with Gasteiger partial charge in [0.25, 0.3) is 5.91 Å². The topological polar surface area (TPSA) is 53.1 Å². The van der Waals surface area contributed by atoms with Gasteiger partial charge in [-0.3, -0.25) is 14.5 Å². The molecule has 7 heteroatoms. The Kier molecular flexibility index (Phi) is 7.25. The number of benzene rings is 1. The number of likely N-dealkylation sites (tertiary alicyclic amines) is 1. The van der Waals surface area contributed by atoms with E-state index in [-0.39, 0.29) is 17.7 Å². The molecule has 2 amide bonds. The van der Waals surface area contributed by atoms with E-state index >= 15 is 0 Å². The van der Waals surface area contributed by atoms with Gasteiger partial charge in [0.1, 0.15) is 5.75 Å². The van der Waals surface area contributed by atoms with Crippen LogP contribution >= 0.6 is 11.3 Å². The standard InChI is InChI=1S/C24H31N3O3S/c1-2-30-21-9-7-19(8-10-21)17-25-12-14-26(15-13-25)23(28)20-5-3-11-27(18-20)24(29)22-6-4-16-31-22/h4,6-10,16,20H,2-3,5,11-15,17-18H2,1H3. The number of piperidine rings is 1. The van der Waals surface area contributed by atoms with Crippen LogP contribution in [0.3, 0.4) is 0 Å². The zero-order valence-electron chi connectivity index (χ0n) is 18.2. The number of amides is 2. The van der Waals surface area contributed by atoms with Crippen LogP contribution < -0.4 is 4.74 Å². The first kappa shape index (κ1) is 21.8. The monoisotopic (exact) mass is 441 g/mol. The van der Waals surface area contributed by atoms with E-state index in [0.717, 1.165) is 62.7 Å². The number of hydrogen-bond acceptors (Lipinski definition) is 5. The average Bonchev–Trinajstić information content (AvgIpc) is 3.35. The lowest BCUT2D eigenvalue weighted by Crippen LogP contribution is -2.52. The Morgan fingerprint density at radius 1 is 1.03 bits per heavy atom. The maximum absolute atomic E-state index is 13.1. The number of carbonyl (C=O) groups excluding carboxylic acids is 2. The molecular weight excluding hydrogens is 410 g/mol. The van der Waals surface area contributed by atoms with Gasteiger partial charge in [-0.2, -0.15) is 0 Å². The molecule has 1 aromatic carbocycles. The Labute approximate surface area is 188 Å². The molecule has 0 spiro atoms. The largest absolute Gasteiger partial charge is 0.494 e. The fraction of sp³-hybridized carbons (Fsp3) is 0.500. The zero-order valence-corrected chi connectivity index (χ0v) is 19.0. The molecule has 3 heterocycles. The van der Waals surface area contributed by atoms with Crippen molar-refractivity contribution in [3.8, 4) is 5.75 Å². The van der Waals surface area contributed by atoms with Gasteiger partial charge in [0, 0.05) is 45.8 Å². The van der Waals surface area contributed by atoms with Crippen molar-refractivity contribution >= 4 is 23.2 Å². The summed E-state index contributed by atoms with van der Waals surface area (Å²) in [5.41, 5.74) is 1.26. The molecule has 2 saturated heterocycles. The van der Waals surface area contributed by atoms with E-state index in [1.165, 1.54) is 16.9 Å². The Balaban J connectivity index is 1.26. The molecule has 2 aromatic rings. The predicted octanol–water partition coefficient (Wildman–Crippen LogP) is 3.34. The van der Waals surface area contributed by atoms with Crippen LogP contribution in [0.2, 0.25) is 0 Å². The maximum atomic E-state index is 13.1. The predicted molar refractivity (Wildman–Crippen MR) is 122 cm³/mol. The van der Waals surface area contributed by atoms with Gasteiger partial charge >= 0.3 is 0 Å². The first-order valence-electron chi connectivity index (χ1n) is 11.2. The normalized spacial score (nSPS) is 20.0. The quantitative estimate of drug-likeness (QED) is 0.690. The number of hydrogen-bond donors (Lipinski definition) is 0. The summed E-state index contributed by atoms with van der Waals surface area (Å²) in [6.45, 7) is 8.11. The molecule has 2 aliphatic heterocycles. The van der Waals surface area contributed by atoms with E-state index in [4.69, 9.17) is 4.74 Å². The van der Waals surface area contributed by atoms with Gasteiger partial charge in [-0.15, -0.1) is 11.3 Å². The highest BCUT2D eigenvalue weighted by Gasteiger charge is 2.33. The third-order valence-corrected chi connectivity index (χ3v) is 6.97. The highest BCUT2D eigenvalue weighted by atomic mass is 32.1. The average molecular weight is 442 g/mol. The summed E-state index contributed by atoms with van der Waals surface area (Å²) in [5, 5.41) is 1.92. The lowest BCUT2D eigenvalue weighted by atomic mass is 9.96. The second kappa shape index (κ2) is 10.3. The smallest absolute Gasteiger partial charge is 0.263 e. The first-order chi connectivity index (χ1) is 15.1. The molecule has 0 aliphatic carbocycles. The molecule has 2 fully saturated rings. The zero-order chi connectivity index (χ0) is 21.6. The molecule has 0 bridgehead atoms. The Morgan fingerprint density at radius 2 is 1.81 bits per heavy atom. The summed E-state index contributed by atoms with van der Waals surface area (Å²) < 4.78 is 5.51. The van der Waals surface area contributed by atoms with Crippen LogP contribution in [-0.4, -0.2) is 72.4 Å². The van der Waals surface area contributed by atoms with Crippen molar-refractivity contribution in [3.05, 3.63) is 52.2 Å². The number of piperazine rings is 1.